The molecule has 1 aromatic heterocycles. The molecule has 408 valence electrons. The molecule has 24 heteroatoms. The van der Waals surface area contributed by atoms with Crippen molar-refractivity contribution in [2.45, 2.75) is 127 Å². The van der Waals surface area contributed by atoms with Crippen molar-refractivity contribution in [3.63, 3.8) is 0 Å². The van der Waals surface area contributed by atoms with Crippen molar-refractivity contribution >= 4 is 17.9 Å². The van der Waals surface area contributed by atoms with E-state index in [9.17, 15) is 29.7 Å². The van der Waals surface area contributed by atoms with Gasteiger partial charge in [-0.15, -0.1) is 0 Å². The summed E-state index contributed by atoms with van der Waals surface area (Å²) in [7, 11) is 0. The van der Waals surface area contributed by atoms with Crippen molar-refractivity contribution in [3.05, 3.63) is 31.5 Å². The van der Waals surface area contributed by atoms with Crippen LogP contribution in [-0.4, -0.2) is 202 Å². The fraction of sp³-hybridized carbons (Fsp3) is 0.875. The average molecular weight is 1030 g/mol. The Morgan fingerprint density at radius 3 is 1.01 bits per heavy atom. The molecule has 0 aromatic carbocycles. The quantitative estimate of drug-likeness (QED) is 0.0745. The third-order valence-electron chi connectivity index (χ3n) is 14.7. The van der Waals surface area contributed by atoms with E-state index in [2.05, 4.69) is 0 Å². The lowest BCUT2D eigenvalue weighted by atomic mass is 9.59. The molecule has 1 aromatic rings. The van der Waals surface area contributed by atoms with Gasteiger partial charge in [0.05, 0.1) is 143 Å². The van der Waals surface area contributed by atoms with Gasteiger partial charge in [0.25, 0.3) is 0 Å². The van der Waals surface area contributed by atoms with Crippen LogP contribution in [0.3, 0.4) is 0 Å². The van der Waals surface area contributed by atoms with Crippen molar-refractivity contribution in [2.24, 2.45) is 22.2 Å². The number of carbonyl (C=O) groups is 3. The summed E-state index contributed by atoms with van der Waals surface area (Å²) in [6.07, 6.45) is -2.63. The lowest BCUT2D eigenvalue weighted by Gasteiger charge is -2.52. The number of aliphatic carboxylic acids is 3. The van der Waals surface area contributed by atoms with Crippen molar-refractivity contribution in [2.75, 3.05) is 119 Å². The standard InChI is InChI=1S/C48H75N3O21/c1-4-45(26-61-12-32-18-67-32,27-62-13-33-19-68-33)11-38(41(56)57)48(24-46(5-2,28-63-14-34-20-69-34)29-64-15-35-21-70-35,25-47(6-3,30-65-16-36-22-71-36)31-66-17-37-23-72-37)51-43(59)49(9-7-39(52)53)42(58)50(44(51)60)10-8-40(54)55/h32-38H,4-31H2,1-3H3,(H,52,53)(H,54,55)(H,56,57). The van der Waals surface area contributed by atoms with E-state index in [0.29, 0.717) is 55.2 Å². The van der Waals surface area contributed by atoms with E-state index in [-0.39, 0.29) is 148 Å². The molecule has 0 spiro atoms. The van der Waals surface area contributed by atoms with Gasteiger partial charge in [0.15, 0.2) is 0 Å². The van der Waals surface area contributed by atoms with Gasteiger partial charge in [0.1, 0.15) is 36.6 Å². The summed E-state index contributed by atoms with van der Waals surface area (Å²) in [6.45, 7) is 7.89. The molecule has 0 amide bonds. The van der Waals surface area contributed by atoms with Gasteiger partial charge in [0.2, 0.25) is 0 Å². The summed E-state index contributed by atoms with van der Waals surface area (Å²) in [4.78, 5) is 85.3. The summed E-state index contributed by atoms with van der Waals surface area (Å²) in [5.74, 6) is -5.88. The topological polar surface area (TPSA) is 308 Å². The fourth-order valence-corrected chi connectivity index (χ4v) is 9.55. The van der Waals surface area contributed by atoms with Crippen LogP contribution in [0.25, 0.3) is 0 Å². The van der Waals surface area contributed by atoms with E-state index in [1.165, 1.54) is 0 Å². The molecule has 0 aliphatic carbocycles. The van der Waals surface area contributed by atoms with Crippen LogP contribution in [0.1, 0.15) is 72.1 Å². The number of ether oxygens (including phenoxy) is 12. The largest absolute Gasteiger partial charge is 0.481 e. The first-order chi connectivity index (χ1) is 34.6. The molecule has 6 aliphatic rings. The second kappa shape index (κ2) is 25.2. The van der Waals surface area contributed by atoms with Gasteiger partial charge in [-0.05, 0) is 38.5 Å². The molecule has 7 heterocycles. The molecular formula is C48H75N3O21. The normalized spacial score (nSPS) is 26.4. The van der Waals surface area contributed by atoms with Crippen molar-refractivity contribution in [1.82, 2.24) is 13.7 Å². The predicted octanol–water partition coefficient (Wildman–Crippen LogP) is 0.369. The molecule has 6 fully saturated rings. The van der Waals surface area contributed by atoms with Gasteiger partial charge in [-0.1, -0.05) is 20.8 Å². The molecule has 7 unspecified atom stereocenters. The van der Waals surface area contributed by atoms with Crippen molar-refractivity contribution in [3.8, 4) is 0 Å². The summed E-state index contributed by atoms with van der Waals surface area (Å²) in [5.41, 5.74) is -9.57. The Labute approximate surface area is 417 Å². The van der Waals surface area contributed by atoms with E-state index in [0.717, 1.165) is 4.57 Å². The van der Waals surface area contributed by atoms with E-state index < -0.39 is 88.6 Å². The lowest BCUT2D eigenvalue weighted by molar-refractivity contribution is -0.159. The SMILES string of the molecule is CCC(COCC1CO1)(COCC1CO1)CC(C(=O)O)C(CC(CC)(COCC1CO1)COCC1CO1)(CC(CC)(COCC1CO1)COCC1CO1)n1c(=O)n(CCC(=O)O)c(=O)n(CCC(=O)O)c1=O. The van der Waals surface area contributed by atoms with Crippen LogP contribution in [-0.2, 0) is 89.9 Å². The number of epoxide rings is 6. The minimum absolute atomic E-state index is 0.0214. The second-order valence-corrected chi connectivity index (χ2v) is 20.7. The van der Waals surface area contributed by atoms with Gasteiger partial charge in [0, 0.05) is 29.3 Å². The number of rotatable bonds is 42. The highest BCUT2D eigenvalue weighted by Gasteiger charge is 2.58. The highest BCUT2D eigenvalue weighted by Crippen LogP contribution is 2.52. The maximum Gasteiger partial charge on any atom is 0.336 e. The van der Waals surface area contributed by atoms with Gasteiger partial charge < -0.3 is 72.2 Å². The average Bonchev–Trinajstić information content (AvgIpc) is 4.12. The van der Waals surface area contributed by atoms with Crippen LogP contribution in [0.4, 0.5) is 0 Å². The summed E-state index contributed by atoms with van der Waals surface area (Å²) in [5, 5.41) is 32.0. The molecule has 72 heavy (non-hydrogen) atoms. The maximum atomic E-state index is 15.8. The lowest BCUT2D eigenvalue weighted by Crippen LogP contribution is -2.66. The Balaban J connectivity index is 1.50. The number of nitrogens with zero attached hydrogens (tertiary/aromatic N) is 3. The minimum Gasteiger partial charge on any atom is -0.481 e. The molecule has 6 aliphatic heterocycles. The van der Waals surface area contributed by atoms with Crippen molar-refractivity contribution < 1.29 is 86.5 Å². The summed E-state index contributed by atoms with van der Waals surface area (Å²) < 4.78 is 73.2. The minimum atomic E-state index is -2.23. The first-order valence-corrected chi connectivity index (χ1v) is 25.4. The van der Waals surface area contributed by atoms with Gasteiger partial charge in [-0.2, -0.15) is 0 Å². The van der Waals surface area contributed by atoms with E-state index in [1.54, 1.807) is 0 Å². The van der Waals surface area contributed by atoms with Crippen LogP contribution in [0.15, 0.2) is 14.4 Å². The molecule has 0 saturated carbocycles. The third kappa shape index (κ3) is 16.2. The van der Waals surface area contributed by atoms with E-state index in [1.807, 2.05) is 20.8 Å². The van der Waals surface area contributed by atoms with Gasteiger partial charge in [-0.25, -0.2) is 28.1 Å². The summed E-state index contributed by atoms with van der Waals surface area (Å²) in [6, 6.07) is 0. The zero-order valence-corrected chi connectivity index (χ0v) is 41.9. The number of aromatic nitrogens is 3. The maximum absolute atomic E-state index is 15.8. The second-order valence-electron chi connectivity index (χ2n) is 20.7. The zero-order valence-electron chi connectivity index (χ0n) is 41.9. The number of hydrogen-bond acceptors (Lipinski definition) is 18. The molecular weight excluding hydrogens is 955 g/mol. The Morgan fingerprint density at radius 2 is 0.778 bits per heavy atom. The van der Waals surface area contributed by atoms with E-state index in [4.69, 9.17) is 56.8 Å². The first-order valence-electron chi connectivity index (χ1n) is 25.4. The molecule has 0 bridgehead atoms. The van der Waals surface area contributed by atoms with Crippen LogP contribution in [0.5, 0.6) is 0 Å². The fourth-order valence-electron chi connectivity index (χ4n) is 9.55. The smallest absolute Gasteiger partial charge is 0.336 e. The number of carboxylic acids is 3. The molecule has 6 saturated heterocycles. The molecule has 7 rings (SSSR count). The predicted molar refractivity (Wildman–Crippen MR) is 248 cm³/mol. The van der Waals surface area contributed by atoms with Gasteiger partial charge in [-0.3, -0.25) is 14.4 Å². The molecule has 0 radical (unpaired) electrons. The number of hydrogen-bond donors (Lipinski definition) is 3. The van der Waals surface area contributed by atoms with Gasteiger partial charge >= 0.3 is 35.0 Å². The Bertz CT molecular complexity index is 1980. The van der Waals surface area contributed by atoms with Crippen LogP contribution in [0, 0.1) is 22.2 Å². The van der Waals surface area contributed by atoms with Crippen molar-refractivity contribution in [1.29, 1.82) is 0 Å². The van der Waals surface area contributed by atoms with E-state index >= 15 is 14.4 Å². The highest BCUT2D eigenvalue weighted by molar-refractivity contribution is 5.72. The Hall–Kier alpha value is -3.66. The van der Waals surface area contributed by atoms with Crippen LogP contribution in [0.2, 0.25) is 0 Å². The molecule has 24 nitrogen and oxygen atoms in total. The number of carboxylic acid groups (broad SMARTS) is 3. The molecule has 3 N–H and O–H groups in total. The monoisotopic (exact) mass is 1030 g/mol. The Kier molecular flexibility index (Phi) is 19.7. The summed E-state index contributed by atoms with van der Waals surface area (Å²) >= 11 is 0. The van der Waals surface area contributed by atoms with Crippen LogP contribution < -0.4 is 17.1 Å². The van der Waals surface area contributed by atoms with Crippen LogP contribution >= 0.6 is 0 Å². The Morgan fingerprint density at radius 1 is 0.500 bits per heavy atom. The molecule has 7 atom stereocenters. The first kappa shape index (κ1) is 56.1. The highest BCUT2D eigenvalue weighted by atomic mass is 16.6. The zero-order chi connectivity index (χ0) is 51.5. The third-order valence-corrected chi connectivity index (χ3v) is 14.7.